The van der Waals surface area contributed by atoms with Crippen LogP contribution in [0.1, 0.15) is 39.4 Å². The smallest absolute Gasteiger partial charge is 0.274 e. The molecule has 0 aliphatic carbocycles. The maximum absolute atomic E-state index is 12.9. The molecule has 2 aliphatic heterocycles. The number of piperazine rings is 1. The molecular weight excluding hydrogens is 372 g/mol. The lowest BCUT2D eigenvalue weighted by Crippen LogP contribution is -2.50. The molecule has 0 N–H and O–H groups in total. The van der Waals surface area contributed by atoms with Gasteiger partial charge in [0.1, 0.15) is 0 Å². The Bertz CT molecular complexity index is 892. The Balaban J connectivity index is 1.39. The van der Waals surface area contributed by atoms with Crippen molar-refractivity contribution in [2.75, 3.05) is 40.4 Å². The van der Waals surface area contributed by atoms with Crippen LogP contribution >= 0.6 is 0 Å². The van der Waals surface area contributed by atoms with E-state index in [0.717, 1.165) is 31.5 Å². The number of hydrogen-bond donors (Lipinski definition) is 0. The normalized spacial score (nSPS) is 16.3. The van der Waals surface area contributed by atoms with Crippen molar-refractivity contribution in [3.05, 3.63) is 41.2 Å². The summed E-state index contributed by atoms with van der Waals surface area (Å²) in [5, 5.41) is 4.48. The highest BCUT2D eigenvalue weighted by atomic mass is 16.5. The Morgan fingerprint density at radius 2 is 1.55 bits per heavy atom. The fourth-order valence-electron chi connectivity index (χ4n) is 3.95. The van der Waals surface area contributed by atoms with E-state index in [2.05, 4.69) is 5.10 Å². The van der Waals surface area contributed by atoms with E-state index in [1.165, 1.54) is 0 Å². The number of aromatic nitrogens is 2. The van der Waals surface area contributed by atoms with Crippen LogP contribution < -0.4 is 9.47 Å². The standard InChI is InChI=1S/C21H26N4O4/c1-28-18-7-6-15(13-19(18)29-2)20(26)23-9-11-24(12-10-23)21(27)17-14-16-5-3-4-8-25(16)22-17/h6-7,13-14H,3-5,8-12H2,1-2H3. The second kappa shape index (κ2) is 8.14. The molecule has 0 radical (unpaired) electrons. The molecule has 2 aromatic rings. The van der Waals surface area contributed by atoms with Gasteiger partial charge < -0.3 is 19.3 Å². The molecule has 1 aromatic carbocycles. The Labute approximate surface area is 170 Å². The van der Waals surface area contributed by atoms with E-state index in [-0.39, 0.29) is 11.8 Å². The molecule has 3 heterocycles. The van der Waals surface area contributed by atoms with Crippen LogP contribution in [0.5, 0.6) is 11.5 Å². The zero-order valence-corrected chi connectivity index (χ0v) is 16.9. The Kier molecular flexibility index (Phi) is 5.42. The third kappa shape index (κ3) is 3.79. The first kappa shape index (κ1) is 19.3. The number of rotatable bonds is 4. The van der Waals surface area contributed by atoms with Gasteiger partial charge in [0.2, 0.25) is 0 Å². The van der Waals surface area contributed by atoms with E-state index in [4.69, 9.17) is 9.47 Å². The van der Waals surface area contributed by atoms with Gasteiger partial charge in [-0.2, -0.15) is 5.10 Å². The quantitative estimate of drug-likeness (QED) is 0.785. The van der Waals surface area contributed by atoms with Gasteiger partial charge in [0, 0.05) is 44.0 Å². The Morgan fingerprint density at radius 3 is 2.21 bits per heavy atom. The molecule has 2 amide bonds. The van der Waals surface area contributed by atoms with Gasteiger partial charge in [-0.25, -0.2) is 0 Å². The molecule has 0 saturated carbocycles. The predicted octanol–water partition coefficient (Wildman–Crippen LogP) is 1.83. The molecule has 1 saturated heterocycles. The van der Waals surface area contributed by atoms with Crippen molar-refractivity contribution in [3.8, 4) is 11.5 Å². The van der Waals surface area contributed by atoms with E-state index >= 15 is 0 Å². The summed E-state index contributed by atoms with van der Waals surface area (Å²) < 4.78 is 12.5. The molecule has 0 atom stereocenters. The highest BCUT2D eigenvalue weighted by molar-refractivity contribution is 5.96. The maximum Gasteiger partial charge on any atom is 0.274 e. The van der Waals surface area contributed by atoms with Gasteiger partial charge in [-0.3, -0.25) is 14.3 Å². The van der Waals surface area contributed by atoms with E-state index in [0.29, 0.717) is 48.9 Å². The monoisotopic (exact) mass is 398 g/mol. The van der Waals surface area contributed by atoms with Crippen LogP contribution in [-0.2, 0) is 13.0 Å². The zero-order valence-electron chi connectivity index (χ0n) is 16.9. The average Bonchev–Trinajstić information content (AvgIpc) is 3.22. The van der Waals surface area contributed by atoms with E-state index < -0.39 is 0 Å². The van der Waals surface area contributed by atoms with Crippen molar-refractivity contribution in [1.29, 1.82) is 0 Å². The van der Waals surface area contributed by atoms with Crippen molar-refractivity contribution in [1.82, 2.24) is 19.6 Å². The second-order valence-corrected chi connectivity index (χ2v) is 7.36. The second-order valence-electron chi connectivity index (χ2n) is 7.36. The number of amides is 2. The van der Waals surface area contributed by atoms with Crippen molar-refractivity contribution in [3.63, 3.8) is 0 Å². The van der Waals surface area contributed by atoms with Crippen LogP contribution in [0.3, 0.4) is 0 Å². The van der Waals surface area contributed by atoms with Gasteiger partial charge in [0.05, 0.1) is 14.2 Å². The minimum Gasteiger partial charge on any atom is -0.493 e. The van der Waals surface area contributed by atoms with Crippen molar-refractivity contribution < 1.29 is 19.1 Å². The van der Waals surface area contributed by atoms with E-state index in [9.17, 15) is 9.59 Å². The zero-order chi connectivity index (χ0) is 20.4. The lowest BCUT2D eigenvalue weighted by Gasteiger charge is -2.34. The molecule has 4 rings (SSSR count). The highest BCUT2D eigenvalue weighted by Gasteiger charge is 2.28. The van der Waals surface area contributed by atoms with Gasteiger partial charge in [-0.05, 0) is 43.5 Å². The van der Waals surface area contributed by atoms with E-state index in [1.807, 2.05) is 10.7 Å². The molecule has 2 aliphatic rings. The third-order valence-corrected chi connectivity index (χ3v) is 5.62. The first-order valence-electron chi connectivity index (χ1n) is 9.98. The van der Waals surface area contributed by atoms with Crippen LogP contribution in [-0.4, -0.2) is 71.8 Å². The highest BCUT2D eigenvalue weighted by Crippen LogP contribution is 2.28. The fraction of sp³-hybridized carbons (Fsp3) is 0.476. The number of benzene rings is 1. The number of carbonyl (C=O) groups excluding carboxylic acids is 2. The summed E-state index contributed by atoms with van der Waals surface area (Å²) in [4.78, 5) is 29.2. The molecule has 1 aromatic heterocycles. The predicted molar refractivity (Wildman–Crippen MR) is 107 cm³/mol. The van der Waals surface area contributed by atoms with Crippen LogP contribution in [0.15, 0.2) is 24.3 Å². The SMILES string of the molecule is COc1ccc(C(=O)N2CCN(C(=O)c3cc4n(n3)CCCC4)CC2)cc1OC. The first-order chi connectivity index (χ1) is 14.1. The summed E-state index contributed by atoms with van der Waals surface area (Å²) in [5.74, 6) is 0.985. The Morgan fingerprint density at radius 1 is 0.862 bits per heavy atom. The lowest BCUT2D eigenvalue weighted by atomic mass is 10.1. The summed E-state index contributed by atoms with van der Waals surface area (Å²) in [6.07, 6.45) is 3.24. The number of nitrogens with zero attached hydrogens (tertiary/aromatic N) is 4. The minimum absolute atomic E-state index is 0.0508. The van der Waals surface area contributed by atoms with Crippen LogP contribution in [0.25, 0.3) is 0 Å². The molecule has 0 unspecified atom stereocenters. The summed E-state index contributed by atoms with van der Waals surface area (Å²) in [6.45, 7) is 2.87. The first-order valence-corrected chi connectivity index (χ1v) is 9.98. The number of fused-ring (bicyclic) bond motifs is 1. The van der Waals surface area contributed by atoms with Crippen LogP contribution in [0.4, 0.5) is 0 Å². The average molecular weight is 398 g/mol. The maximum atomic E-state index is 12.9. The van der Waals surface area contributed by atoms with Crippen molar-refractivity contribution in [2.24, 2.45) is 0 Å². The molecule has 0 bridgehead atoms. The number of aryl methyl sites for hydroxylation is 2. The number of ether oxygens (including phenoxy) is 2. The molecule has 1 fully saturated rings. The summed E-state index contributed by atoms with van der Waals surface area (Å²) in [5.41, 5.74) is 2.20. The molecule has 29 heavy (non-hydrogen) atoms. The van der Waals surface area contributed by atoms with Gasteiger partial charge >= 0.3 is 0 Å². The minimum atomic E-state index is -0.0736. The molecular formula is C21H26N4O4. The topological polar surface area (TPSA) is 76.9 Å². The van der Waals surface area contributed by atoms with Gasteiger partial charge in [0.25, 0.3) is 11.8 Å². The van der Waals surface area contributed by atoms with Crippen molar-refractivity contribution in [2.45, 2.75) is 25.8 Å². The van der Waals surface area contributed by atoms with Crippen LogP contribution in [0.2, 0.25) is 0 Å². The molecule has 8 nitrogen and oxygen atoms in total. The molecule has 0 spiro atoms. The van der Waals surface area contributed by atoms with Gasteiger partial charge in [-0.15, -0.1) is 0 Å². The van der Waals surface area contributed by atoms with Crippen LogP contribution in [0, 0.1) is 0 Å². The number of methoxy groups -OCH3 is 2. The molecule has 8 heteroatoms. The molecule has 154 valence electrons. The van der Waals surface area contributed by atoms with Gasteiger partial charge in [0.15, 0.2) is 17.2 Å². The summed E-state index contributed by atoms with van der Waals surface area (Å²) in [6, 6.07) is 7.07. The number of carbonyl (C=O) groups is 2. The summed E-state index contributed by atoms with van der Waals surface area (Å²) in [7, 11) is 3.11. The largest absolute Gasteiger partial charge is 0.493 e. The fourth-order valence-corrected chi connectivity index (χ4v) is 3.95. The van der Waals surface area contributed by atoms with E-state index in [1.54, 1.807) is 42.2 Å². The Hall–Kier alpha value is -3.03. The summed E-state index contributed by atoms with van der Waals surface area (Å²) >= 11 is 0. The third-order valence-electron chi connectivity index (χ3n) is 5.62. The lowest BCUT2D eigenvalue weighted by molar-refractivity contribution is 0.0531. The number of hydrogen-bond acceptors (Lipinski definition) is 5. The van der Waals surface area contributed by atoms with Crippen molar-refractivity contribution >= 4 is 11.8 Å². The van der Waals surface area contributed by atoms with Gasteiger partial charge in [-0.1, -0.05) is 0 Å².